The van der Waals surface area contributed by atoms with Crippen LogP contribution >= 0.6 is 0 Å². The molecule has 1 atom stereocenters. The summed E-state index contributed by atoms with van der Waals surface area (Å²) in [5, 5.41) is 2.75. The molecule has 0 bridgehead atoms. The van der Waals surface area contributed by atoms with Gasteiger partial charge in [0, 0.05) is 18.0 Å². The fourth-order valence-corrected chi connectivity index (χ4v) is 1.71. The van der Waals surface area contributed by atoms with Crippen molar-refractivity contribution >= 4 is 0 Å². The first-order valence-corrected chi connectivity index (χ1v) is 5.96. The molecule has 0 spiro atoms. The minimum atomic E-state index is -4.19. The van der Waals surface area contributed by atoms with Crippen molar-refractivity contribution in [2.45, 2.75) is 38.9 Å². The molecule has 0 heterocycles. The van der Waals surface area contributed by atoms with Gasteiger partial charge in [0.2, 0.25) is 0 Å². The zero-order chi connectivity index (χ0) is 14.6. The largest absolute Gasteiger partial charge is 0.389 e. The van der Waals surface area contributed by atoms with Crippen LogP contribution in [0.15, 0.2) is 12.1 Å². The first kappa shape index (κ1) is 15.9. The van der Waals surface area contributed by atoms with Gasteiger partial charge in [0.15, 0.2) is 0 Å². The highest BCUT2D eigenvalue weighted by Gasteiger charge is 2.26. The van der Waals surface area contributed by atoms with Crippen LogP contribution in [0.25, 0.3) is 0 Å². The summed E-state index contributed by atoms with van der Waals surface area (Å²) < 4.78 is 62.7. The fraction of sp³-hybridized carbons (Fsp3) is 0.538. The van der Waals surface area contributed by atoms with Crippen molar-refractivity contribution in [3.63, 3.8) is 0 Å². The molecule has 6 heteroatoms. The molecule has 1 aromatic carbocycles. The first-order valence-electron chi connectivity index (χ1n) is 5.96. The molecular formula is C13H16F5N. The van der Waals surface area contributed by atoms with Crippen molar-refractivity contribution in [1.82, 2.24) is 5.32 Å². The van der Waals surface area contributed by atoms with E-state index >= 15 is 0 Å². The molecule has 0 aliphatic rings. The van der Waals surface area contributed by atoms with Crippen LogP contribution in [-0.4, -0.2) is 12.7 Å². The second-order valence-electron chi connectivity index (χ2n) is 4.52. The molecular weight excluding hydrogens is 265 g/mol. The number of hydrogen-bond acceptors (Lipinski definition) is 1. The van der Waals surface area contributed by atoms with E-state index in [4.69, 9.17) is 0 Å². The van der Waals surface area contributed by atoms with Crippen LogP contribution in [0.5, 0.6) is 0 Å². The number of aryl methyl sites for hydroxylation is 1. The predicted octanol–water partition coefficient (Wildman–Crippen LogP) is 4.27. The third-order valence-electron chi connectivity index (χ3n) is 2.83. The Morgan fingerprint density at radius 2 is 1.79 bits per heavy atom. The van der Waals surface area contributed by atoms with Crippen LogP contribution in [0, 0.1) is 18.6 Å². The van der Waals surface area contributed by atoms with Crippen LogP contribution in [0.1, 0.15) is 36.9 Å². The summed E-state index contributed by atoms with van der Waals surface area (Å²) in [6.45, 7) is 3.13. The standard InChI is InChI=1S/C13H16F5N/c1-8-6-12(15)10(7-11(8)14)9(2)19-5-3-4-13(16,17)18/h6-7,9,19H,3-5H2,1-2H3. The Labute approximate surface area is 108 Å². The quantitative estimate of drug-likeness (QED) is 0.628. The summed E-state index contributed by atoms with van der Waals surface area (Å²) in [5.41, 5.74) is 0.320. The molecule has 1 unspecified atom stereocenters. The highest BCUT2D eigenvalue weighted by Crippen LogP contribution is 2.22. The Kier molecular flexibility index (Phi) is 5.29. The molecule has 108 valence electrons. The van der Waals surface area contributed by atoms with Gasteiger partial charge < -0.3 is 5.32 Å². The summed E-state index contributed by atoms with van der Waals surface area (Å²) in [7, 11) is 0. The van der Waals surface area contributed by atoms with E-state index < -0.39 is 30.3 Å². The van der Waals surface area contributed by atoms with Gasteiger partial charge in [-0.15, -0.1) is 0 Å². The molecule has 0 radical (unpaired) electrons. The van der Waals surface area contributed by atoms with E-state index in [0.717, 1.165) is 12.1 Å². The Morgan fingerprint density at radius 1 is 1.16 bits per heavy atom. The molecule has 0 aliphatic heterocycles. The number of rotatable bonds is 5. The molecule has 1 rings (SSSR count). The van der Waals surface area contributed by atoms with Gasteiger partial charge in [0.05, 0.1) is 0 Å². The smallest absolute Gasteiger partial charge is 0.310 e. The van der Waals surface area contributed by atoms with Crippen LogP contribution < -0.4 is 5.32 Å². The summed E-state index contributed by atoms with van der Waals surface area (Å²) in [4.78, 5) is 0. The predicted molar refractivity (Wildman–Crippen MR) is 62.8 cm³/mol. The van der Waals surface area contributed by atoms with Crippen LogP contribution in [0.4, 0.5) is 22.0 Å². The van der Waals surface area contributed by atoms with E-state index in [1.165, 1.54) is 6.92 Å². The fourth-order valence-electron chi connectivity index (χ4n) is 1.71. The van der Waals surface area contributed by atoms with E-state index in [9.17, 15) is 22.0 Å². The lowest BCUT2D eigenvalue weighted by molar-refractivity contribution is -0.135. The van der Waals surface area contributed by atoms with Gasteiger partial charge in [-0.25, -0.2) is 8.78 Å². The van der Waals surface area contributed by atoms with Crippen molar-refractivity contribution < 1.29 is 22.0 Å². The number of halogens is 5. The molecule has 1 N–H and O–H groups in total. The molecule has 0 saturated carbocycles. The van der Waals surface area contributed by atoms with Crippen molar-refractivity contribution in [3.05, 3.63) is 34.9 Å². The van der Waals surface area contributed by atoms with Crippen LogP contribution in [0.2, 0.25) is 0 Å². The van der Waals surface area contributed by atoms with Crippen molar-refractivity contribution in [2.24, 2.45) is 0 Å². The molecule has 1 nitrogen and oxygen atoms in total. The van der Waals surface area contributed by atoms with E-state index in [2.05, 4.69) is 5.32 Å². The third kappa shape index (κ3) is 5.14. The average Bonchev–Trinajstić information content (AvgIpc) is 2.28. The maximum Gasteiger partial charge on any atom is 0.389 e. The minimum absolute atomic E-state index is 0.0929. The number of nitrogens with one attached hydrogen (secondary N) is 1. The first-order chi connectivity index (χ1) is 8.70. The Hall–Kier alpha value is -1.17. The summed E-state index contributed by atoms with van der Waals surface area (Å²) in [5.74, 6) is -1.09. The summed E-state index contributed by atoms with van der Waals surface area (Å²) in [6.07, 6.45) is -5.17. The summed E-state index contributed by atoms with van der Waals surface area (Å²) in [6, 6.07) is 1.62. The molecule has 0 saturated heterocycles. The van der Waals surface area contributed by atoms with Crippen molar-refractivity contribution in [1.29, 1.82) is 0 Å². The lowest BCUT2D eigenvalue weighted by Gasteiger charge is -2.16. The van der Waals surface area contributed by atoms with Crippen LogP contribution in [0.3, 0.4) is 0 Å². The van der Waals surface area contributed by atoms with E-state index in [-0.39, 0.29) is 24.1 Å². The molecule has 1 aromatic rings. The van der Waals surface area contributed by atoms with Gasteiger partial charge >= 0.3 is 6.18 Å². The van der Waals surface area contributed by atoms with E-state index in [0.29, 0.717) is 0 Å². The maximum absolute atomic E-state index is 13.6. The minimum Gasteiger partial charge on any atom is -0.310 e. The highest BCUT2D eigenvalue weighted by atomic mass is 19.4. The number of hydrogen-bond donors (Lipinski definition) is 1. The van der Waals surface area contributed by atoms with E-state index in [1.807, 2.05) is 0 Å². The topological polar surface area (TPSA) is 12.0 Å². The van der Waals surface area contributed by atoms with Crippen molar-refractivity contribution in [3.8, 4) is 0 Å². The summed E-state index contributed by atoms with van der Waals surface area (Å²) >= 11 is 0. The van der Waals surface area contributed by atoms with Gasteiger partial charge in [-0.1, -0.05) is 0 Å². The normalized spacial score (nSPS) is 13.6. The Balaban J connectivity index is 2.54. The van der Waals surface area contributed by atoms with Gasteiger partial charge in [0.25, 0.3) is 0 Å². The van der Waals surface area contributed by atoms with Gasteiger partial charge in [-0.05, 0) is 44.5 Å². The maximum atomic E-state index is 13.6. The second kappa shape index (κ2) is 6.32. The molecule has 0 aliphatic carbocycles. The van der Waals surface area contributed by atoms with Crippen molar-refractivity contribution in [2.75, 3.05) is 6.54 Å². The zero-order valence-electron chi connectivity index (χ0n) is 10.7. The number of benzene rings is 1. The average molecular weight is 281 g/mol. The van der Waals surface area contributed by atoms with Gasteiger partial charge in [-0.2, -0.15) is 13.2 Å². The molecule has 0 fully saturated rings. The van der Waals surface area contributed by atoms with Gasteiger partial charge in [0.1, 0.15) is 11.6 Å². The lowest BCUT2D eigenvalue weighted by atomic mass is 10.0. The highest BCUT2D eigenvalue weighted by molar-refractivity contribution is 5.27. The van der Waals surface area contributed by atoms with Gasteiger partial charge in [-0.3, -0.25) is 0 Å². The zero-order valence-corrected chi connectivity index (χ0v) is 10.7. The number of alkyl halides is 3. The molecule has 0 amide bonds. The second-order valence-corrected chi connectivity index (χ2v) is 4.52. The van der Waals surface area contributed by atoms with E-state index in [1.54, 1.807) is 6.92 Å². The monoisotopic (exact) mass is 281 g/mol. The Morgan fingerprint density at radius 3 is 2.37 bits per heavy atom. The Bertz CT molecular complexity index is 428. The third-order valence-corrected chi connectivity index (χ3v) is 2.83. The van der Waals surface area contributed by atoms with Crippen LogP contribution in [-0.2, 0) is 0 Å². The molecule has 0 aromatic heterocycles. The molecule has 19 heavy (non-hydrogen) atoms. The lowest BCUT2D eigenvalue weighted by Crippen LogP contribution is -2.22. The SMILES string of the molecule is Cc1cc(F)c(C(C)NCCCC(F)(F)F)cc1F.